The first-order valence-electron chi connectivity index (χ1n) is 6.27. The van der Waals surface area contributed by atoms with Crippen LogP contribution in [-0.2, 0) is 6.42 Å². The van der Waals surface area contributed by atoms with E-state index in [1.807, 2.05) is 6.07 Å². The number of thiophene rings is 1. The van der Waals surface area contributed by atoms with Gasteiger partial charge in [-0.15, -0.1) is 23.7 Å². The summed E-state index contributed by atoms with van der Waals surface area (Å²) in [5.41, 5.74) is 1.28. The van der Waals surface area contributed by atoms with E-state index in [9.17, 15) is 4.79 Å². The minimum atomic E-state index is 0. The Morgan fingerprint density at radius 3 is 2.56 bits per heavy atom. The summed E-state index contributed by atoms with van der Waals surface area (Å²) in [6.45, 7) is 8.86. The van der Waals surface area contributed by atoms with Crippen LogP contribution in [0.2, 0.25) is 0 Å². The van der Waals surface area contributed by atoms with Crippen LogP contribution in [0.15, 0.2) is 6.07 Å². The van der Waals surface area contributed by atoms with Gasteiger partial charge in [0.25, 0.3) is 5.91 Å². The van der Waals surface area contributed by atoms with Gasteiger partial charge < -0.3 is 10.6 Å². The lowest BCUT2D eigenvalue weighted by Crippen LogP contribution is -2.31. The second kappa shape index (κ2) is 9.36. The summed E-state index contributed by atoms with van der Waals surface area (Å²) < 4.78 is 0. The number of aryl methyl sites for hydroxylation is 2. The molecule has 5 heteroatoms. The molecule has 104 valence electrons. The Kier molecular flexibility index (Phi) is 9.06. The maximum atomic E-state index is 11.8. The summed E-state index contributed by atoms with van der Waals surface area (Å²) >= 11 is 1.58. The number of rotatable bonds is 7. The van der Waals surface area contributed by atoms with E-state index >= 15 is 0 Å². The molecule has 0 saturated heterocycles. The predicted octanol–water partition coefficient (Wildman–Crippen LogP) is 2.77. The summed E-state index contributed by atoms with van der Waals surface area (Å²) in [6, 6.07) is 2.01. The molecule has 0 unspecified atom stereocenters. The lowest BCUT2D eigenvalue weighted by Gasteiger charge is -2.04. The van der Waals surface area contributed by atoms with Crippen molar-refractivity contribution in [3.63, 3.8) is 0 Å². The first-order chi connectivity index (χ1) is 8.19. The van der Waals surface area contributed by atoms with E-state index in [0.29, 0.717) is 6.54 Å². The molecule has 3 nitrogen and oxygen atoms in total. The highest BCUT2D eigenvalue weighted by Crippen LogP contribution is 2.21. The number of halogens is 1. The van der Waals surface area contributed by atoms with Crippen molar-refractivity contribution < 1.29 is 4.79 Å². The van der Waals surface area contributed by atoms with E-state index < -0.39 is 0 Å². The topological polar surface area (TPSA) is 41.1 Å². The van der Waals surface area contributed by atoms with Gasteiger partial charge in [-0.3, -0.25) is 4.79 Å². The molecule has 0 radical (unpaired) electrons. The number of hydrogen-bond donors (Lipinski definition) is 2. The molecule has 1 aromatic heterocycles. The van der Waals surface area contributed by atoms with Crippen LogP contribution in [0.5, 0.6) is 0 Å². The molecule has 1 rings (SSSR count). The average Bonchev–Trinajstić information content (AvgIpc) is 2.70. The third-order valence-corrected chi connectivity index (χ3v) is 3.73. The van der Waals surface area contributed by atoms with Crippen LogP contribution in [0.4, 0.5) is 0 Å². The first-order valence-corrected chi connectivity index (χ1v) is 7.08. The van der Waals surface area contributed by atoms with E-state index in [1.165, 1.54) is 10.4 Å². The highest BCUT2D eigenvalue weighted by Gasteiger charge is 2.10. The second-order valence-corrected chi connectivity index (χ2v) is 5.31. The molecule has 1 amide bonds. The lowest BCUT2D eigenvalue weighted by molar-refractivity contribution is 0.0958. The van der Waals surface area contributed by atoms with Crippen molar-refractivity contribution in [2.75, 3.05) is 19.6 Å². The van der Waals surface area contributed by atoms with Gasteiger partial charge in [-0.1, -0.05) is 13.8 Å². The van der Waals surface area contributed by atoms with Gasteiger partial charge >= 0.3 is 0 Å². The number of carbonyl (C=O) groups excluding carboxylic acids is 1. The smallest absolute Gasteiger partial charge is 0.261 e. The molecule has 0 aliphatic heterocycles. The molecule has 0 atom stereocenters. The van der Waals surface area contributed by atoms with E-state index in [2.05, 4.69) is 31.4 Å². The summed E-state index contributed by atoms with van der Waals surface area (Å²) in [4.78, 5) is 13.9. The molecule has 0 saturated carbocycles. The van der Waals surface area contributed by atoms with E-state index in [-0.39, 0.29) is 18.3 Å². The lowest BCUT2D eigenvalue weighted by atomic mass is 10.2. The van der Waals surface area contributed by atoms with Crippen LogP contribution >= 0.6 is 23.7 Å². The van der Waals surface area contributed by atoms with Gasteiger partial charge in [0.15, 0.2) is 0 Å². The molecule has 0 aliphatic carbocycles. The third-order valence-electron chi connectivity index (χ3n) is 2.64. The van der Waals surface area contributed by atoms with E-state index in [1.54, 1.807) is 11.3 Å². The highest BCUT2D eigenvalue weighted by atomic mass is 35.5. The molecule has 0 aliphatic rings. The van der Waals surface area contributed by atoms with Crippen molar-refractivity contribution in [2.24, 2.45) is 0 Å². The average molecular weight is 291 g/mol. The van der Waals surface area contributed by atoms with Gasteiger partial charge in [0.2, 0.25) is 0 Å². The fraction of sp³-hybridized carbons (Fsp3) is 0.615. The molecular weight excluding hydrogens is 268 g/mol. The van der Waals surface area contributed by atoms with Crippen LogP contribution < -0.4 is 10.6 Å². The Labute approximate surface area is 120 Å². The third kappa shape index (κ3) is 5.38. The number of amides is 1. The molecule has 0 bridgehead atoms. The normalized spacial score (nSPS) is 9.94. The number of hydrogen-bond acceptors (Lipinski definition) is 3. The van der Waals surface area contributed by atoms with Gasteiger partial charge in [-0.2, -0.15) is 0 Å². The van der Waals surface area contributed by atoms with Crippen molar-refractivity contribution in [1.29, 1.82) is 0 Å². The Balaban J connectivity index is 0.00000289. The van der Waals surface area contributed by atoms with E-state index in [4.69, 9.17) is 0 Å². The van der Waals surface area contributed by atoms with Gasteiger partial charge in [0.05, 0.1) is 4.88 Å². The molecular formula is C13H23ClN2OS. The number of carbonyl (C=O) groups is 1. The minimum absolute atomic E-state index is 0. The van der Waals surface area contributed by atoms with Crippen molar-refractivity contribution in [3.05, 3.63) is 21.4 Å². The monoisotopic (exact) mass is 290 g/mol. The summed E-state index contributed by atoms with van der Waals surface area (Å²) in [5.74, 6) is 0.0519. The van der Waals surface area contributed by atoms with Crippen molar-refractivity contribution in [2.45, 2.75) is 33.6 Å². The van der Waals surface area contributed by atoms with Gasteiger partial charge in [-0.05, 0) is 37.9 Å². The Bertz CT molecular complexity index is 366. The maximum Gasteiger partial charge on any atom is 0.261 e. The molecule has 0 fully saturated rings. The van der Waals surface area contributed by atoms with E-state index in [0.717, 1.165) is 30.8 Å². The van der Waals surface area contributed by atoms with Gasteiger partial charge in [-0.25, -0.2) is 0 Å². The van der Waals surface area contributed by atoms with Crippen molar-refractivity contribution in [3.8, 4) is 0 Å². The summed E-state index contributed by atoms with van der Waals surface area (Å²) in [6.07, 6.45) is 2.12. The zero-order chi connectivity index (χ0) is 12.7. The molecule has 1 aromatic rings. The Morgan fingerprint density at radius 2 is 2.00 bits per heavy atom. The van der Waals surface area contributed by atoms with Crippen LogP contribution in [0.3, 0.4) is 0 Å². The Hall–Kier alpha value is -0.580. The number of nitrogens with one attached hydrogen (secondary N) is 2. The van der Waals surface area contributed by atoms with Crippen LogP contribution in [-0.4, -0.2) is 25.5 Å². The quantitative estimate of drug-likeness (QED) is 0.758. The molecule has 0 spiro atoms. The fourth-order valence-electron chi connectivity index (χ4n) is 1.64. The first kappa shape index (κ1) is 17.4. The van der Waals surface area contributed by atoms with Crippen LogP contribution in [0.25, 0.3) is 0 Å². The largest absolute Gasteiger partial charge is 0.350 e. The van der Waals surface area contributed by atoms with Crippen molar-refractivity contribution >= 4 is 29.7 Å². The highest BCUT2D eigenvalue weighted by molar-refractivity contribution is 7.14. The standard InChI is InChI=1S/C13H22N2OS.ClH/c1-4-6-14-7-8-15-13(16)12-9-11(5-2)10(3)17-12;/h9,14H,4-8H2,1-3H3,(H,15,16);1H. The van der Waals surface area contributed by atoms with Crippen LogP contribution in [0, 0.1) is 6.92 Å². The fourth-order valence-corrected chi connectivity index (χ4v) is 2.67. The molecule has 1 heterocycles. The predicted molar refractivity (Wildman–Crippen MR) is 81.2 cm³/mol. The SMILES string of the molecule is CCCNCCNC(=O)c1cc(CC)c(C)s1.Cl. The van der Waals surface area contributed by atoms with Crippen LogP contribution in [0.1, 0.15) is 40.4 Å². The summed E-state index contributed by atoms with van der Waals surface area (Å²) in [7, 11) is 0. The molecule has 18 heavy (non-hydrogen) atoms. The Morgan fingerprint density at radius 1 is 1.28 bits per heavy atom. The van der Waals surface area contributed by atoms with Gasteiger partial charge in [0, 0.05) is 18.0 Å². The molecule has 0 aromatic carbocycles. The molecule has 2 N–H and O–H groups in total. The van der Waals surface area contributed by atoms with Crippen molar-refractivity contribution in [1.82, 2.24) is 10.6 Å². The van der Waals surface area contributed by atoms with Gasteiger partial charge in [0.1, 0.15) is 0 Å². The second-order valence-electron chi connectivity index (χ2n) is 4.05. The zero-order valence-electron chi connectivity index (χ0n) is 11.3. The minimum Gasteiger partial charge on any atom is -0.350 e. The zero-order valence-corrected chi connectivity index (χ0v) is 13.0. The summed E-state index contributed by atoms with van der Waals surface area (Å²) in [5, 5.41) is 6.19. The maximum absolute atomic E-state index is 11.8.